The van der Waals surface area contributed by atoms with Crippen LogP contribution in [0.15, 0.2) is 42.5 Å². The molecule has 4 nitrogen and oxygen atoms in total. The van der Waals surface area contributed by atoms with Crippen LogP contribution in [0.1, 0.15) is 47.9 Å². The summed E-state index contributed by atoms with van der Waals surface area (Å²) in [6, 6.07) is 13.9. The Morgan fingerprint density at radius 2 is 1.96 bits per heavy atom. The molecule has 2 aliphatic rings. The Kier molecular flexibility index (Phi) is 5.19. The molecule has 1 aliphatic carbocycles. The van der Waals surface area contributed by atoms with Crippen molar-refractivity contribution in [3.63, 3.8) is 0 Å². The number of nitrogen functional groups attached to an aromatic ring is 1. The van der Waals surface area contributed by atoms with Crippen molar-refractivity contribution in [1.82, 2.24) is 5.32 Å². The van der Waals surface area contributed by atoms with E-state index in [1.807, 2.05) is 36.4 Å². The minimum atomic E-state index is -0.130. The largest absolute Gasteiger partial charge is 0.493 e. The summed E-state index contributed by atoms with van der Waals surface area (Å²) in [5.74, 6) is 0.801. The van der Waals surface area contributed by atoms with Crippen LogP contribution >= 0.6 is 12.4 Å². The van der Waals surface area contributed by atoms with E-state index in [-0.39, 0.29) is 30.3 Å². The fourth-order valence-electron chi connectivity index (χ4n) is 3.87. The van der Waals surface area contributed by atoms with Crippen LogP contribution in [0.4, 0.5) is 5.69 Å². The summed E-state index contributed by atoms with van der Waals surface area (Å²) in [4.78, 5) is 12.9. The summed E-state index contributed by atoms with van der Waals surface area (Å²) in [6.45, 7) is 0.590. The number of hydrogen-bond donors (Lipinski definition) is 2. The predicted molar refractivity (Wildman–Crippen MR) is 101 cm³/mol. The van der Waals surface area contributed by atoms with Gasteiger partial charge in [0.15, 0.2) is 0 Å². The molecule has 1 heterocycles. The smallest absolute Gasteiger partial charge is 0.228 e. The zero-order valence-corrected chi connectivity index (χ0v) is 14.9. The van der Waals surface area contributed by atoms with Gasteiger partial charge in [0.2, 0.25) is 5.91 Å². The normalized spacial score (nSPS) is 21.1. The first-order valence-electron chi connectivity index (χ1n) is 8.63. The Balaban J connectivity index is 0.00000182. The Bertz CT molecular complexity index is 778. The van der Waals surface area contributed by atoms with E-state index in [4.69, 9.17) is 10.5 Å². The first kappa shape index (κ1) is 17.6. The van der Waals surface area contributed by atoms with Crippen LogP contribution in [0.2, 0.25) is 0 Å². The fourth-order valence-corrected chi connectivity index (χ4v) is 3.87. The number of aryl methyl sites for hydroxylation is 1. The van der Waals surface area contributed by atoms with Crippen LogP contribution in [-0.4, -0.2) is 12.5 Å². The van der Waals surface area contributed by atoms with Crippen LogP contribution in [0.25, 0.3) is 0 Å². The topological polar surface area (TPSA) is 64.3 Å². The van der Waals surface area contributed by atoms with Crippen molar-refractivity contribution in [3.8, 4) is 5.75 Å². The molecule has 2 unspecified atom stereocenters. The van der Waals surface area contributed by atoms with Gasteiger partial charge in [-0.3, -0.25) is 4.79 Å². The number of amides is 1. The van der Waals surface area contributed by atoms with Gasteiger partial charge in [-0.15, -0.1) is 12.4 Å². The van der Waals surface area contributed by atoms with Crippen molar-refractivity contribution in [1.29, 1.82) is 0 Å². The summed E-state index contributed by atoms with van der Waals surface area (Å²) in [5, 5.41) is 3.27. The van der Waals surface area contributed by atoms with Crippen LogP contribution in [0.3, 0.4) is 0 Å². The molecule has 0 fully saturated rings. The molecule has 2 aromatic carbocycles. The average molecular weight is 359 g/mol. The number of carbonyl (C=O) groups is 1. The molecular weight excluding hydrogens is 336 g/mol. The highest BCUT2D eigenvalue weighted by Crippen LogP contribution is 2.35. The summed E-state index contributed by atoms with van der Waals surface area (Å²) in [6.07, 6.45) is 3.82. The van der Waals surface area contributed by atoms with Gasteiger partial charge in [0.05, 0.1) is 18.6 Å². The number of benzene rings is 2. The second-order valence-corrected chi connectivity index (χ2v) is 6.64. The average Bonchev–Trinajstić information content (AvgIpc) is 2.61. The van der Waals surface area contributed by atoms with Gasteiger partial charge in [0.25, 0.3) is 0 Å². The van der Waals surface area contributed by atoms with Gasteiger partial charge in [-0.25, -0.2) is 0 Å². The zero-order chi connectivity index (χ0) is 16.5. The number of carbonyl (C=O) groups excluding carboxylic acids is 1. The summed E-state index contributed by atoms with van der Waals surface area (Å²) >= 11 is 0. The number of hydrogen-bond acceptors (Lipinski definition) is 3. The quantitative estimate of drug-likeness (QED) is 0.803. The molecule has 0 saturated carbocycles. The maximum Gasteiger partial charge on any atom is 0.228 e. The number of nitrogens with two attached hydrogens (primary N) is 1. The van der Waals surface area contributed by atoms with Crippen molar-refractivity contribution < 1.29 is 9.53 Å². The Labute approximate surface area is 154 Å². The third-order valence-corrected chi connectivity index (χ3v) is 5.07. The van der Waals surface area contributed by atoms with E-state index in [2.05, 4.69) is 11.4 Å². The summed E-state index contributed by atoms with van der Waals surface area (Å²) in [5.41, 5.74) is 10.2. The Hall–Kier alpha value is -2.20. The highest BCUT2D eigenvalue weighted by Gasteiger charge is 2.30. The van der Waals surface area contributed by atoms with E-state index >= 15 is 0 Å². The lowest BCUT2D eigenvalue weighted by atomic mass is 9.86. The maximum atomic E-state index is 12.9. The molecule has 5 heteroatoms. The van der Waals surface area contributed by atoms with Gasteiger partial charge in [-0.05, 0) is 55.0 Å². The fraction of sp³-hybridized carbons (Fsp3) is 0.350. The molecule has 2 atom stereocenters. The Morgan fingerprint density at radius 3 is 2.84 bits per heavy atom. The minimum Gasteiger partial charge on any atom is -0.493 e. The highest BCUT2D eigenvalue weighted by molar-refractivity contribution is 5.85. The van der Waals surface area contributed by atoms with Gasteiger partial charge in [-0.2, -0.15) is 0 Å². The monoisotopic (exact) mass is 358 g/mol. The molecule has 0 radical (unpaired) electrons. The standard InChI is InChI=1S/C20H22N2O2.ClH/c21-14-8-9-15-13(12-14)4-3-6-18(15)22-20(23)17-10-11-24-19-7-2-1-5-16(17)19;/h1-2,5,7-9,12,17-18H,3-4,6,10-11,21H2,(H,22,23);1H. The maximum absolute atomic E-state index is 12.9. The van der Waals surface area contributed by atoms with Crippen molar-refractivity contribution in [2.24, 2.45) is 0 Å². The number of halogens is 1. The lowest BCUT2D eigenvalue weighted by Gasteiger charge is -2.30. The molecule has 132 valence electrons. The first-order chi connectivity index (χ1) is 11.7. The van der Waals surface area contributed by atoms with Crippen LogP contribution in [0, 0.1) is 0 Å². The molecule has 2 aromatic rings. The van der Waals surface area contributed by atoms with Crippen LogP contribution in [0.5, 0.6) is 5.75 Å². The number of ether oxygens (including phenoxy) is 1. The highest BCUT2D eigenvalue weighted by atomic mass is 35.5. The molecule has 0 spiro atoms. The van der Waals surface area contributed by atoms with Crippen molar-refractivity contribution in [2.45, 2.75) is 37.6 Å². The predicted octanol–water partition coefficient (Wildman–Crippen LogP) is 3.75. The lowest BCUT2D eigenvalue weighted by Crippen LogP contribution is -2.36. The number of nitrogens with one attached hydrogen (secondary N) is 1. The molecular formula is C20H23ClN2O2. The molecule has 0 aromatic heterocycles. The second kappa shape index (κ2) is 7.36. The number of rotatable bonds is 2. The first-order valence-corrected chi connectivity index (χ1v) is 8.63. The minimum absolute atomic E-state index is 0. The number of anilines is 1. The van der Waals surface area contributed by atoms with E-state index < -0.39 is 0 Å². The molecule has 0 bridgehead atoms. The number of fused-ring (bicyclic) bond motifs is 2. The lowest BCUT2D eigenvalue weighted by molar-refractivity contribution is -0.124. The van der Waals surface area contributed by atoms with Crippen molar-refractivity contribution >= 4 is 24.0 Å². The van der Waals surface area contributed by atoms with E-state index in [9.17, 15) is 4.79 Å². The zero-order valence-electron chi connectivity index (χ0n) is 14.0. The van der Waals surface area contributed by atoms with Gasteiger partial charge in [-0.1, -0.05) is 24.3 Å². The third kappa shape index (κ3) is 3.45. The molecule has 4 rings (SSSR count). The molecule has 1 aliphatic heterocycles. The van der Waals surface area contributed by atoms with Crippen LogP contribution in [-0.2, 0) is 11.2 Å². The van der Waals surface area contributed by atoms with Gasteiger partial charge < -0.3 is 15.8 Å². The molecule has 25 heavy (non-hydrogen) atoms. The van der Waals surface area contributed by atoms with E-state index in [0.29, 0.717) is 6.61 Å². The van der Waals surface area contributed by atoms with Crippen molar-refractivity contribution in [3.05, 3.63) is 59.2 Å². The third-order valence-electron chi connectivity index (χ3n) is 5.07. The van der Waals surface area contributed by atoms with Gasteiger partial charge in [0, 0.05) is 11.3 Å². The summed E-state index contributed by atoms with van der Waals surface area (Å²) < 4.78 is 5.67. The van der Waals surface area contributed by atoms with Crippen LogP contribution < -0.4 is 15.8 Å². The molecule has 3 N–H and O–H groups in total. The molecule has 0 saturated heterocycles. The second-order valence-electron chi connectivity index (χ2n) is 6.64. The van der Waals surface area contributed by atoms with E-state index in [0.717, 1.165) is 42.7 Å². The SMILES string of the molecule is Cl.Nc1ccc2c(c1)CCCC2NC(=O)C1CCOc2ccccc21. The van der Waals surface area contributed by atoms with Crippen molar-refractivity contribution in [2.75, 3.05) is 12.3 Å². The Morgan fingerprint density at radius 1 is 1.12 bits per heavy atom. The molecule has 1 amide bonds. The van der Waals surface area contributed by atoms with E-state index in [1.54, 1.807) is 0 Å². The van der Waals surface area contributed by atoms with E-state index in [1.165, 1.54) is 11.1 Å². The summed E-state index contributed by atoms with van der Waals surface area (Å²) in [7, 11) is 0. The van der Waals surface area contributed by atoms with Gasteiger partial charge in [0.1, 0.15) is 5.75 Å². The van der Waals surface area contributed by atoms with Gasteiger partial charge >= 0.3 is 0 Å². The number of para-hydroxylation sites is 1.